The summed E-state index contributed by atoms with van der Waals surface area (Å²) in [5.41, 5.74) is 0. The third-order valence-electron chi connectivity index (χ3n) is 0.931. The molecule has 11 heavy (non-hydrogen) atoms. The summed E-state index contributed by atoms with van der Waals surface area (Å²) in [5, 5.41) is 12.3. The zero-order valence-electron chi connectivity index (χ0n) is 6.32. The van der Waals surface area contributed by atoms with Crippen LogP contribution in [0.2, 0.25) is 0 Å². The maximum Gasteiger partial charge on any atom is 0.313 e. The Morgan fingerprint density at radius 2 is 2.45 bits per heavy atom. The molecule has 0 heterocycles. The summed E-state index contributed by atoms with van der Waals surface area (Å²) < 4.78 is 0. The Bertz CT molecular complexity index is 120. The second kappa shape index (κ2) is 5.83. The van der Waals surface area contributed by atoms with Crippen LogP contribution < -0.4 is 11.2 Å². The highest BCUT2D eigenvalue weighted by Gasteiger charge is 2.01. The van der Waals surface area contributed by atoms with Crippen molar-refractivity contribution in [3.63, 3.8) is 0 Å². The molecule has 3 N–H and O–H groups in total. The van der Waals surface area contributed by atoms with Gasteiger partial charge in [0.05, 0.1) is 6.54 Å². The summed E-state index contributed by atoms with van der Waals surface area (Å²) in [4.78, 5) is 13.6. The molecule has 0 saturated heterocycles. The van der Waals surface area contributed by atoms with Crippen molar-refractivity contribution >= 4 is 0 Å². The van der Waals surface area contributed by atoms with E-state index in [-0.39, 0.29) is 6.54 Å². The molecule has 66 valence electrons. The number of nitrogens with two attached hydrogens (primary N) is 1. The second-order valence-electron chi connectivity index (χ2n) is 1.80. The molecule has 7 nitrogen and oxygen atoms in total. The van der Waals surface area contributed by atoms with Crippen LogP contribution in [0.3, 0.4) is 0 Å². The van der Waals surface area contributed by atoms with Gasteiger partial charge in [0.2, 0.25) is 0 Å². The average Bonchev–Trinajstić information content (AvgIpc) is 1.86. The van der Waals surface area contributed by atoms with Crippen molar-refractivity contribution in [1.29, 1.82) is 0 Å². The molecule has 0 amide bonds. The quantitative estimate of drug-likeness (QED) is 0.224. The van der Waals surface area contributed by atoms with Crippen LogP contribution in [0.4, 0.5) is 0 Å². The predicted molar refractivity (Wildman–Crippen MR) is 37.5 cm³/mol. The summed E-state index contributed by atoms with van der Waals surface area (Å²) in [7, 11) is 0. The lowest BCUT2D eigenvalue weighted by Crippen LogP contribution is -2.38. The second-order valence-corrected chi connectivity index (χ2v) is 1.80. The Kier molecular flexibility index (Phi) is 5.35. The minimum atomic E-state index is -0.952. The number of rotatable bonds is 6. The van der Waals surface area contributed by atoms with Gasteiger partial charge in [0, 0.05) is 6.54 Å². The van der Waals surface area contributed by atoms with E-state index in [1.165, 1.54) is 0 Å². The number of nitrogens with zero attached hydrogens (tertiary/aromatic N) is 2. The van der Waals surface area contributed by atoms with Crippen molar-refractivity contribution in [3.8, 4) is 0 Å². The first kappa shape index (κ1) is 10.1. The van der Waals surface area contributed by atoms with Crippen LogP contribution in [-0.4, -0.2) is 29.9 Å². The summed E-state index contributed by atoms with van der Waals surface area (Å²) in [6.45, 7) is 3.55. The highest BCUT2D eigenvalue weighted by Crippen LogP contribution is 1.78. The number of nitrogens with one attached hydrogen (secondary N) is 1. The fourth-order valence-electron chi connectivity index (χ4n) is 0.492. The van der Waals surface area contributed by atoms with Gasteiger partial charge >= 0.3 is 5.09 Å². The molecule has 0 spiro atoms. The van der Waals surface area contributed by atoms with Gasteiger partial charge in [-0.15, -0.1) is 10.1 Å². The lowest BCUT2D eigenvalue weighted by atomic mass is 10.6. The minimum absolute atomic E-state index is 0.273. The van der Waals surface area contributed by atoms with Crippen molar-refractivity contribution < 1.29 is 10.0 Å². The van der Waals surface area contributed by atoms with E-state index in [0.29, 0.717) is 11.7 Å². The van der Waals surface area contributed by atoms with Gasteiger partial charge in [-0.2, -0.15) is 0 Å². The van der Waals surface area contributed by atoms with Gasteiger partial charge in [0.25, 0.3) is 0 Å². The van der Waals surface area contributed by atoms with Gasteiger partial charge in [-0.05, 0) is 6.54 Å². The molecule has 7 heteroatoms. The van der Waals surface area contributed by atoms with E-state index >= 15 is 0 Å². The number of likely N-dealkylation sites (N-methyl/N-ethyl adjacent to an activating group) is 1. The van der Waals surface area contributed by atoms with Crippen LogP contribution in [0, 0.1) is 10.1 Å². The molecule has 0 unspecified atom stereocenters. The van der Waals surface area contributed by atoms with E-state index < -0.39 is 5.09 Å². The zero-order valence-corrected chi connectivity index (χ0v) is 6.32. The summed E-state index contributed by atoms with van der Waals surface area (Å²) >= 11 is 0. The first-order valence-electron chi connectivity index (χ1n) is 3.22. The molecule has 0 aromatic heterocycles. The monoisotopic (exact) mass is 164 g/mol. The fourth-order valence-corrected chi connectivity index (χ4v) is 0.492. The third kappa shape index (κ3) is 6.97. The van der Waals surface area contributed by atoms with Crippen molar-refractivity contribution in [3.05, 3.63) is 10.1 Å². The number of hydrazine groups is 1. The standard InChI is InChI=1S/C4H12N4O3/c1-2-6-3-4-7(5)11-8(9)10/h6H,2-5H2,1H3. The largest absolute Gasteiger partial charge is 0.316 e. The van der Waals surface area contributed by atoms with Crippen LogP contribution in [0.5, 0.6) is 0 Å². The van der Waals surface area contributed by atoms with Crippen LogP contribution in [0.1, 0.15) is 6.92 Å². The van der Waals surface area contributed by atoms with Crippen LogP contribution in [0.15, 0.2) is 0 Å². The van der Waals surface area contributed by atoms with Gasteiger partial charge in [0.15, 0.2) is 0 Å². The van der Waals surface area contributed by atoms with Gasteiger partial charge in [-0.3, -0.25) is 0 Å². The van der Waals surface area contributed by atoms with E-state index in [1.54, 1.807) is 0 Å². The van der Waals surface area contributed by atoms with Gasteiger partial charge in [-0.25, -0.2) is 10.8 Å². The SMILES string of the molecule is CCNCCN(N)O[N+](=O)[O-]. The first-order chi connectivity index (χ1) is 5.16. The Morgan fingerprint density at radius 1 is 1.82 bits per heavy atom. The Morgan fingerprint density at radius 3 is 2.91 bits per heavy atom. The minimum Gasteiger partial charge on any atom is -0.316 e. The molecule has 0 aromatic rings. The van der Waals surface area contributed by atoms with Crippen molar-refractivity contribution in [2.24, 2.45) is 5.84 Å². The molecular weight excluding hydrogens is 152 g/mol. The molecule has 0 aromatic carbocycles. The molecule has 0 aliphatic carbocycles. The average molecular weight is 164 g/mol. The molecule has 0 aliphatic rings. The molecular formula is C4H12N4O3. The molecule has 0 bridgehead atoms. The van der Waals surface area contributed by atoms with E-state index in [2.05, 4.69) is 10.3 Å². The zero-order chi connectivity index (χ0) is 8.69. The highest BCUT2D eigenvalue weighted by atomic mass is 17.0. The molecule has 0 radical (unpaired) electrons. The van der Waals surface area contributed by atoms with Gasteiger partial charge in [0.1, 0.15) is 0 Å². The molecule has 0 atom stereocenters. The number of hydrogen-bond acceptors (Lipinski definition) is 6. The van der Waals surface area contributed by atoms with E-state index in [4.69, 9.17) is 5.84 Å². The lowest BCUT2D eigenvalue weighted by molar-refractivity contribution is -0.811. The first-order valence-corrected chi connectivity index (χ1v) is 3.22. The third-order valence-corrected chi connectivity index (χ3v) is 0.931. The predicted octanol–water partition coefficient (Wildman–Crippen LogP) is -1.11. The van der Waals surface area contributed by atoms with Crippen LogP contribution in [-0.2, 0) is 4.94 Å². The summed E-state index contributed by atoms with van der Waals surface area (Å²) in [6, 6.07) is 0. The maximum absolute atomic E-state index is 9.68. The fraction of sp³-hybridized carbons (Fsp3) is 1.00. The van der Waals surface area contributed by atoms with E-state index in [1.807, 2.05) is 6.92 Å². The molecule has 0 saturated carbocycles. The Balaban J connectivity index is 3.22. The molecule has 0 fully saturated rings. The smallest absolute Gasteiger partial charge is 0.313 e. The van der Waals surface area contributed by atoms with Crippen molar-refractivity contribution in [2.45, 2.75) is 6.92 Å². The lowest BCUT2D eigenvalue weighted by Gasteiger charge is -2.11. The molecule has 0 aliphatic heterocycles. The topological polar surface area (TPSA) is 93.7 Å². The number of hydroxylamine groups is 1. The molecule has 0 rings (SSSR count). The highest BCUT2D eigenvalue weighted by molar-refractivity contribution is 4.41. The number of hydrogen-bond donors (Lipinski definition) is 2. The van der Waals surface area contributed by atoms with Crippen molar-refractivity contribution in [2.75, 3.05) is 19.6 Å². The van der Waals surface area contributed by atoms with Crippen molar-refractivity contribution in [1.82, 2.24) is 10.5 Å². The van der Waals surface area contributed by atoms with Gasteiger partial charge < -0.3 is 5.32 Å². The maximum atomic E-state index is 9.68. The summed E-state index contributed by atoms with van der Waals surface area (Å²) in [5.74, 6) is 5.04. The van der Waals surface area contributed by atoms with Gasteiger partial charge in [-0.1, -0.05) is 12.1 Å². The van der Waals surface area contributed by atoms with E-state index in [0.717, 1.165) is 6.54 Å². The Hall–Kier alpha value is -0.920. The summed E-state index contributed by atoms with van der Waals surface area (Å²) in [6.07, 6.45) is 0. The Labute approximate surface area is 64.1 Å². The normalized spacial score (nSPS) is 10.1. The van der Waals surface area contributed by atoms with Crippen LogP contribution in [0.25, 0.3) is 0 Å². The van der Waals surface area contributed by atoms with E-state index in [9.17, 15) is 10.1 Å². The van der Waals surface area contributed by atoms with Crippen LogP contribution >= 0.6 is 0 Å².